The van der Waals surface area contributed by atoms with Crippen LogP contribution in [-0.2, 0) is 11.2 Å². The van der Waals surface area contributed by atoms with Gasteiger partial charge in [-0.05, 0) is 29.8 Å². The standard InChI is InChI=1S/C18H17N3O2S/c1-21(2)16(22)11-12-7-9-13(10-8-12)19-17(23)18-20-14-5-3-4-6-15(14)24-18/h3-10H,11H2,1-2H3,(H,19,23). The number of nitrogens with one attached hydrogen (secondary N) is 1. The zero-order chi connectivity index (χ0) is 17.1. The Kier molecular flexibility index (Phi) is 4.57. The summed E-state index contributed by atoms with van der Waals surface area (Å²) in [5, 5.41) is 3.27. The molecule has 0 fully saturated rings. The molecule has 1 heterocycles. The highest BCUT2D eigenvalue weighted by atomic mass is 32.1. The number of likely N-dealkylation sites (N-methyl/N-ethyl adjacent to an activating group) is 1. The Bertz CT molecular complexity index is 852. The van der Waals surface area contributed by atoms with E-state index in [1.807, 2.05) is 36.4 Å². The Labute approximate surface area is 143 Å². The van der Waals surface area contributed by atoms with E-state index < -0.39 is 0 Å². The highest BCUT2D eigenvalue weighted by Gasteiger charge is 2.12. The fourth-order valence-electron chi connectivity index (χ4n) is 2.19. The molecule has 0 saturated heterocycles. The minimum atomic E-state index is -0.228. The molecule has 3 rings (SSSR count). The Hall–Kier alpha value is -2.73. The van der Waals surface area contributed by atoms with Gasteiger partial charge < -0.3 is 10.2 Å². The number of hydrogen-bond donors (Lipinski definition) is 1. The van der Waals surface area contributed by atoms with Crippen molar-refractivity contribution in [1.29, 1.82) is 0 Å². The summed E-state index contributed by atoms with van der Waals surface area (Å²) in [5.74, 6) is -0.186. The van der Waals surface area contributed by atoms with Crippen LogP contribution in [0.15, 0.2) is 48.5 Å². The number of para-hydroxylation sites is 1. The molecule has 1 N–H and O–H groups in total. The average Bonchev–Trinajstić information content (AvgIpc) is 3.00. The van der Waals surface area contributed by atoms with Crippen LogP contribution in [0, 0.1) is 0 Å². The lowest BCUT2D eigenvalue weighted by atomic mass is 10.1. The maximum atomic E-state index is 12.3. The topological polar surface area (TPSA) is 62.3 Å². The molecule has 0 bridgehead atoms. The lowest BCUT2D eigenvalue weighted by Gasteiger charge is -2.10. The second kappa shape index (κ2) is 6.80. The van der Waals surface area contributed by atoms with Crippen molar-refractivity contribution in [3.63, 3.8) is 0 Å². The molecule has 5 nitrogen and oxygen atoms in total. The van der Waals surface area contributed by atoms with Crippen molar-refractivity contribution in [2.75, 3.05) is 19.4 Å². The molecule has 0 atom stereocenters. The first-order valence-electron chi connectivity index (χ1n) is 7.49. The Balaban J connectivity index is 1.69. The van der Waals surface area contributed by atoms with E-state index in [2.05, 4.69) is 10.3 Å². The molecule has 0 aliphatic carbocycles. The third-order valence-corrected chi connectivity index (χ3v) is 4.59. The minimum Gasteiger partial charge on any atom is -0.349 e. The van der Waals surface area contributed by atoms with Crippen molar-refractivity contribution in [3.8, 4) is 0 Å². The van der Waals surface area contributed by atoms with Crippen molar-refractivity contribution >= 4 is 39.1 Å². The third kappa shape index (κ3) is 3.60. The number of thiazole rings is 1. The Morgan fingerprint density at radius 1 is 1.08 bits per heavy atom. The normalized spacial score (nSPS) is 10.6. The number of benzene rings is 2. The highest BCUT2D eigenvalue weighted by Crippen LogP contribution is 2.22. The van der Waals surface area contributed by atoms with Crippen molar-refractivity contribution in [2.45, 2.75) is 6.42 Å². The van der Waals surface area contributed by atoms with Crippen LogP contribution in [0.1, 0.15) is 15.4 Å². The summed E-state index contributed by atoms with van der Waals surface area (Å²) in [6, 6.07) is 14.9. The van der Waals surface area contributed by atoms with Gasteiger partial charge in [-0.1, -0.05) is 24.3 Å². The molecular formula is C18H17N3O2S. The first-order chi connectivity index (χ1) is 11.5. The van der Waals surface area contributed by atoms with E-state index in [4.69, 9.17) is 0 Å². The first-order valence-corrected chi connectivity index (χ1v) is 8.30. The fraction of sp³-hybridized carbons (Fsp3) is 0.167. The smallest absolute Gasteiger partial charge is 0.284 e. The highest BCUT2D eigenvalue weighted by molar-refractivity contribution is 7.20. The van der Waals surface area contributed by atoms with E-state index in [9.17, 15) is 9.59 Å². The zero-order valence-corrected chi connectivity index (χ0v) is 14.3. The van der Waals surface area contributed by atoms with Gasteiger partial charge in [-0.15, -0.1) is 11.3 Å². The second-order valence-electron chi connectivity index (χ2n) is 5.60. The number of amides is 2. The quantitative estimate of drug-likeness (QED) is 0.794. The van der Waals surface area contributed by atoms with E-state index in [-0.39, 0.29) is 11.8 Å². The van der Waals surface area contributed by atoms with Crippen molar-refractivity contribution < 1.29 is 9.59 Å². The molecule has 3 aromatic rings. The molecule has 0 aliphatic heterocycles. The van der Waals surface area contributed by atoms with E-state index in [1.54, 1.807) is 31.1 Å². The van der Waals surface area contributed by atoms with Gasteiger partial charge >= 0.3 is 0 Å². The van der Waals surface area contributed by atoms with E-state index in [1.165, 1.54) is 11.3 Å². The summed E-state index contributed by atoms with van der Waals surface area (Å²) in [6.07, 6.45) is 0.346. The largest absolute Gasteiger partial charge is 0.349 e. The number of anilines is 1. The number of fused-ring (bicyclic) bond motifs is 1. The van der Waals surface area contributed by atoms with Gasteiger partial charge in [-0.25, -0.2) is 4.98 Å². The van der Waals surface area contributed by atoms with Crippen LogP contribution >= 0.6 is 11.3 Å². The second-order valence-corrected chi connectivity index (χ2v) is 6.63. The summed E-state index contributed by atoms with van der Waals surface area (Å²) in [5.41, 5.74) is 2.41. The van der Waals surface area contributed by atoms with Gasteiger partial charge in [0.05, 0.1) is 16.6 Å². The number of hydrogen-bond acceptors (Lipinski definition) is 4. The zero-order valence-electron chi connectivity index (χ0n) is 13.4. The molecule has 2 amide bonds. The Morgan fingerprint density at radius 3 is 2.46 bits per heavy atom. The summed E-state index contributed by atoms with van der Waals surface area (Å²) >= 11 is 1.37. The van der Waals surface area contributed by atoms with Gasteiger partial charge in [0.25, 0.3) is 5.91 Å². The van der Waals surface area contributed by atoms with Gasteiger partial charge in [0, 0.05) is 19.8 Å². The van der Waals surface area contributed by atoms with Crippen molar-refractivity contribution in [1.82, 2.24) is 9.88 Å². The molecule has 0 saturated carbocycles. The number of carbonyl (C=O) groups excluding carboxylic acids is 2. The summed E-state index contributed by atoms with van der Waals surface area (Å²) in [7, 11) is 3.46. The van der Waals surface area contributed by atoms with Crippen LogP contribution in [-0.4, -0.2) is 35.8 Å². The Morgan fingerprint density at radius 2 is 1.79 bits per heavy atom. The van der Waals surface area contributed by atoms with Crippen LogP contribution in [0.3, 0.4) is 0 Å². The maximum absolute atomic E-state index is 12.3. The van der Waals surface area contributed by atoms with Crippen molar-refractivity contribution in [2.24, 2.45) is 0 Å². The average molecular weight is 339 g/mol. The van der Waals surface area contributed by atoms with Gasteiger partial charge in [-0.3, -0.25) is 9.59 Å². The SMILES string of the molecule is CN(C)C(=O)Cc1ccc(NC(=O)c2nc3ccccc3s2)cc1. The molecule has 24 heavy (non-hydrogen) atoms. The summed E-state index contributed by atoms with van der Waals surface area (Å²) < 4.78 is 0.986. The van der Waals surface area contributed by atoms with Crippen LogP contribution in [0.5, 0.6) is 0 Å². The lowest BCUT2D eigenvalue weighted by molar-refractivity contribution is -0.127. The minimum absolute atomic E-state index is 0.0428. The number of aromatic nitrogens is 1. The molecule has 0 radical (unpaired) electrons. The lowest BCUT2D eigenvalue weighted by Crippen LogP contribution is -2.23. The monoisotopic (exact) mass is 339 g/mol. The molecule has 122 valence electrons. The fourth-order valence-corrected chi connectivity index (χ4v) is 3.05. The van der Waals surface area contributed by atoms with Crippen molar-refractivity contribution in [3.05, 3.63) is 59.1 Å². The van der Waals surface area contributed by atoms with E-state index in [0.717, 1.165) is 15.8 Å². The maximum Gasteiger partial charge on any atom is 0.284 e. The number of carbonyl (C=O) groups is 2. The first kappa shape index (κ1) is 16.1. The molecule has 0 aliphatic rings. The van der Waals surface area contributed by atoms with Crippen LogP contribution in [0.25, 0.3) is 10.2 Å². The van der Waals surface area contributed by atoms with Crippen LogP contribution < -0.4 is 5.32 Å². The van der Waals surface area contributed by atoms with Gasteiger partial charge in [0.15, 0.2) is 5.01 Å². The van der Waals surface area contributed by atoms with Crippen LogP contribution in [0.2, 0.25) is 0 Å². The van der Waals surface area contributed by atoms with Gasteiger partial charge in [-0.2, -0.15) is 0 Å². The summed E-state index contributed by atoms with van der Waals surface area (Å²) in [4.78, 5) is 29.9. The predicted molar refractivity (Wildman–Crippen MR) is 96.4 cm³/mol. The van der Waals surface area contributed by atoms with E-state index >= 15 is 0 Å². The molecule has 6 heteroatoms. The number of rotatable bonds is 4. The van der Waals surface area contributed by atoms with Gasteiger partial charge in [0.2, 0.25) is 5.91 Å². The molecule has 2 aromatic carbocycles. The third-order valence-electron chi connectivity index (χ3n) is 3.55. The van der Waals surface area contributed by atoms with E-state index in [0.29, 0.717) is 17.1 Å². The molecule has 0 unspecified atom stereocenters. The molecule has 1 aromatic heterocycles. The predicted octanol–water partition coefficient (Wildman–Crippen LogP) is 3.18. The molecular weight excluding hydrogens is 322 g/mol. The van der Waals surface area contributed by atoms with Gasteiger partial charge in [0.1, 0.15) is 0 Å². The summed E-state index contributed by atoms with van der Waals surface area (Å²) in [6.45, 7) is 0. The van der Waals surface area contributed by atoms with Crippen LogP contribution in [0.4, 0.5) is 5.69 Å². The molecule has 0 spiro atoms. The number of nitrogens with zero attached hydrogens (tertiary/aromatic N) is 2.